The van der Waals surface area contributed by atoms with Gasteiger partial charge in [0.25, 0.3) is 0 Å². The maximum Gasteiger partial charge on any atom is 0.317 e. The highest BCUT2D eigenvalue weighted by Gasteiger charge is 2.16. The Labute approximate surface area is 100 Å². The summed E-state index contributed by atoms with van der Waals surface area (Å²) in [5.74, 6) is -0.231. The summed E-state index contributed by atoms with van der Waals surface area (Å²) in [5, 5.41) is 21.2. The van der Waals surface area contributed by atoms with Gasteiger partial charge in [0.05, 0.1) is 19.8 Å². The summed E-state index contributed by atoms with van der Waals surface area (Å²) < 4.78 is 5.01. The number of nitrogens with one attached hydrogen (secondary N) is 1. The van der Waals surface area contributed by atoms with Gasteiger partial charge in [0, 0.05) is 6.04 Å². The van der Waals surface area contributed by atoms with Crippen molar-refractivity contribution in [1.82, 2.24) is 5.32 Å². The van der Waals surface area contributed by atoms with Crippen molar-refractivity contribution in [2.24, 2.45) is 0 Å². The molecule has 5 heteroatoms. The van der Waals surface area contributed by atoms with Gasteiger partial charge in [-0.3, -0.25) is 4.79 Å². The molecule has 0 saturated carbocycles. The maximum absolute atomic E-state index is 10.4. The lowest BCUT2D eigenvalue weighted by atomic mass is 10.0. The third-order valence-electron chi connectivity index (χ3n) is 2.51. The lowest BCUT2D eigenvalue weighted by Gasteiger charge is -2.19. The average Bonchev–Trinajstić information content (AvgIpc) is 2.35. The molecule has 0 aliphatic rings. The van der Waals surface area contributed by atoms with Gasteiger partial charge in [0.2, 0.25) is 0 Å². The fourth-order valence-corrected chi connectivity index (χ4v) is 1.45. The number of methoxy groups -OCH3 is 1. The first kappa shape index (κ1) is 13.5. The average molecular weight is 239 g/mol. The summed E-state index contributed by atoms with van der Waals surface area (Å²) in [4.78, 5) is 10.4. The zero-order valence-electron chi connectivity index (χ0n) is 9.88. The summed E-state index contributed by atoms with van der Waals surface area (Å²) in [6.07, 6.45) is -0.750. The molecule has 1 aromatic carbocycles. The molecular weight excluding hydrogens is 222 g/mol. The van der Waals surface area contributed by atoms with Crippen molar-refractivity contribution in [3.63, 3.8) is 0 Å². The van der Waals surface area contributed by atoms with E-state index in [1.54, 1.807) is 38.3 Å². The third-order valence-corrected chi connectivity index (χ3v) is 2.51. The van der Waals surface area contributed by atoms with Crippen molar-refractivity contribution in [3.05, 3.63) is 29.8 Å². The Morgan fingerprint density at radius 3 is 2.47 bits per heavy atom. The Kier molecular flexibility index (Phi) is 4.93. The third kappa shape index (κ3) is 4.05. The second-order valence-electron chi connectivity index (χ2n) is 3.78. The van der Waals surface area contributed by atoms with Gasteiger partial charge in [-0.05, 0) is 24.6 Å². The van der Waals surface area contributed by atoms with E-state index in [0.717, 1.165) is 5.56 Å². The van der Waals surface area contributed by atoms with E-state index in [-0.39, 0.29) is 12.6 Å². The molecule has 17 heavy (non-hydrogen) atoms. The lowest BCUT2D eigenvalue weighted by Crippen LogP contribution is -2.35. The number of aliphatic hydroxyl groups is 1. The number of hydrogen-bond acceptors (Lipinski definition) is 4. The van der Waals surface area contributed by atoms with Crippen LogP contribution in [0.5, 0.6) is 5.75 Å². The number of carboxylic acid groups (broad SMARTS) is 1. The van der Waals surface area contributed by atoms with E-state index < -0.39 is 12.1 Å². The second-order valence-corrected chi connectivity index (χ2v) is 3.78. The SMILES string of the molecule is COc1ccc(C(O)C(C)NCC(=O)O)cc1. The summed E-state index contributed by atoms with van der Waals surface area (Å²) in [5.41, 5.74) is 0.719. The molecular formula is C12H17NO4. The molecule has 1 aromatic rings. The Hall–Kier alpha value is -1.59. The van der Waals surface area contributed by atoms with Gasteiger partial charge < -0.3 is 20.3 Å². The normalized spacial score (nSPS) is 14.1. The van der Waals surface area contributed by atoms with Crippen LogP contribution in [0, 0.1) is 0 Å². The largest absolute Gasteiger partial charge is 0.497 e. The molecule has 0 spiro atoms. The molecule has 0 heterocycles. The Bertz CT molecular complexity index is 363. The number of benzene rings is 1. The molecule has 2 unspecified atom stereocenters. The fraction of sp³-hybridized carbons (Fsp3) is 0.417. The summed E-state index contributed by atoms with van der Waals surface area (Å²) in [6.45, 7) is 1.56. The number of ether oxygens (including phenoxy) is 1. The number of aliphatic carboxylic acids is 1. The van der Waals surface area contributed by atoms with Crippen LogP contribution in [-0.4, -0.2) is 35.9 Å². The molecule has 5 nitrogen and oxygen atoms in total. The van der Waals surface area contributed by atoms with Gasteiger partial charge in [-0.15, -0.1) is 0 Å². The van der Waals surface area contributed by atoms with Crippen molar-refractivity contribution in [3.8, 4) is 5.75 Å². The van der Waals surface area contributed by atoms with E-state index in [9.17, 15) is 9.90 Å². The van der Waals surface area contributed by atoms with Crippen LogP contribution in [0.1, 0.15) is 18.6 Å². The minimum Gasteiger partial charge on any atom is -0.497 e. The van der Waals surface area contributed by atoms with Gasteiger partial charge in [0.15, 0.2) is 0 Å². The minimum atomic E-state index is -0.946. The molecule has 0 fully saturated rings. The van der Waals surface area contributed by atoms with Gasteiger partial charge in [-0.1, -0.05) is 12.1 Å². The molecule has 0 bridgehead atoms. The quantitative estimate of drug-likeness (QED) is 0.684. The zero-order valence-corrected chi connectivity index (χ0v) is 9.88. The van der Waals surface area contributed by atoms with Crippen LogP contribution in [0.3, 0.4) is 0 Å². The maximum atomic E-state index is 10.4. The highest BCUT2D eigenvalue weighted by molar-refractivity contribution is 5.69. The second kappa shape index (κ2) is 6.22. The monoisotopic (exact) mass is 239 g/mol. The highest BCUT2D eigenvalue weighted by atomic mass is 16.5. The fourth-order valence-electron chi connectivity index (χ4n) is 1.45. The summed E-state index contributed by atoms with van der Waals surface area (Å²) >= 11 is 0. The summed E-state index contributed by atoms with van der Waals surface area (Å²) in [6, 6.07) is 6.68. The molecule has 0 aliphatic heterocycles. The van der Waals surface area contributed by atoms with Gasteiger partial charge in [-0.25, -0.2) is 0 Å². The molecule has 0 aromatic heterocycles. The molecule has 0 amide bonds. The minimum absolute atomic E-state index is 0.172. The van der Waals surface area contributed by atoms with Crippen LogP contribution in [0.4, 0.5) is 0 Å². The predicted molar refractivity (Wildman–Crippen MR) is 63.1 cm³/mol. The Balaban J connectivity index is 2.60. The molecule has 94 valence electrons. The van der Waals surface area contributed by atoms with Gasteiger partial charge in [0.1, 0.15) is 5.75 Å². The van der Waals surface area contributed by atoms with E-state index in [1.165, 1.54) is 0 Å². The predicted octanol–water partition coefficient (Wildman–Crippen LogP) is 0.791. The van der Waals surface area contributed by atoms with Crippen LogP contribution in [-0.2, 0) is 4.79 Å². The van der Waals surface area contributed by atoms with E-state index in [0.29, 0.717) is 5.75 Å². The number of hydrogen-bond donors (Lipinski definition) is 3. The first-order chi connectivity index (χ1) is 8.04. The topological polar surface area (TPSA) is 78.8 Å². The Morgan fingerprint density at radius 2 is 2.00 bits per heavy atom. The van der Waals surface area contributed by atoms with Crippen LogP contribution < -0.4 is 10.1 Å². The number of aliphatic hydroxyl groups excluding tert-OH is 1. The van der Waals surface area contributed by atoms with E-state index >= 15 is 0 Å². The van der Waals surface area contributed by atoms with Gasteiger partial charge >= 0.3 is 5.97 Å². The zero-order chi connectivity index (χ0) is 12.8. The van der Waals surface area contributed by atoms with Gasteiger partial charge in [-0.2, -0.15) is 0 Å². The number of carbonyl (C=O) groups is 1. The highest BCUT2D eigenvalue weighted by Crippen LogP contribution is 2.19. The number of carboxylic acids is 1. The van der Waals surface area contributed by atoms with Crippen LogP contribution >= 0.6 is 0 Å². The molecule has 0 saturated heterocycles. The molecule has 1 rings (SSSR count). The lowest BCUT2D eigenvalue weighted by molar-refractivity contribution is -0.136. The van der Waals surface area contributed by atoms with Crippen LogP contribution in [0.25, 0.3) is 0 Å². The van der Waals surface area contributed by atoms with E-state index in [4.69, 9.17) is 9.84 Å². The first-order valence-electron chi connectivity index (χ1n) is 5.31. The van der Waals surface area contributed by atoms with Crippen molar-refractivity contribution in [1.29, 1.82) is 0 Å². The van der Waals surface area contributed by atoms with Crippen molar-refractivity contribution >= 4 is 5.97 Å². The standard InChI is InChI=1S/C12H17NO4/c1-8(13-7-11(14)15)12(16)9-3-5-10(17-2)6-4-9/h3-6,8,12-13,16H,7H2,1-2H3,(H,14,15). The summed E-state index contributed by atoms with van der Waals surface area (Å²) in [7, 11) is 1.57. The number of rotatable bonds is 6. The van der Waals surface area contributed by atoms with Crippen molar-refractivity contribution in [2.45, 2.75) is 19.1 Å². The molecule has 3 N–H and O–H groups in total. The smallest absolute Gasteiger partial charge is 0.317 e. The molecule has 0 radical (unpaired) electrons. The van der Waals surface area contributed by atoms with Crippen molar-refractivity contribution < 1.29 is 19.7 Å². The molecule has 2 atom stereocenters. The Morgan fingerprint density at radius 1 is 1.41 bits per heavy atom. The molecule has 0 aliphatic carbocycles. The van der Waals surface area contributed by atoms with Crippen LogP contribution in [0.2, 0.25) is 0 Å². The van der Waals surface area contributed by atoms with E-state index in [1.807, 2.05) is 0 Å². The first-order valence-corrected chi connectivity index (χ1v) is 5.31. The van der Waals surface area contributed by atoms with Crippen LogP contribution in [0.15, 0.2) is 24.3 Å². The van der Waals surface area contributed by atoms with E-state index in [2.05, 4.69) is 5.32 Å². The van der Waals surface area contributed by atoms with Crippen molar-refractivity contribution in [2.75, 3.05) is 13.7 Å².